The first-order valence-electron chi connectivity index (χ1n) is 5.25. The first kappa shape index (κ1) is 11.3. The van der Waals surface area contributed by atoms with E-state index in [1.165, 1.54) is 4.90 Å². The molecule has 1 aromatic rings. The van der Waals surface area contributed by atoms with E-state index in [-0.39, 0.29) is 18.2 Å². The summed E-state index contributed by atoms with van der Waals surface area (Å²) in [5.41, 5.74) is 1.55. The molecule has 2 rings (SSSR count). The minimum atomic E-state index is -0.129. The second-order valence-electron chi connectivity index (χ2n) is 3.76. The van der Waals surface area contributed by atoms with Crippen LogP contribution in [0, 0.1) is 0 Å². The number of hydrogen-bond donors (Lipinski definition) is 0. The Bertz CT molecular complexity index is 474. The summed E-state index contributed by atoms with van der Waals surface area (Å²) in [4.78, 5) is 33.6. The highest BCUT2D eigenvalue weighted by molar-refractivity contribution is 6.14. The van der Waals surface area contributed by atoms with Gasteiger partial charge >= 0.3 is 0 Å². The average molecular weight is 229 g/mol. The highest BCUT2D eigenvalue weighted by Gasteiger charge is 2.32. The van der Waals surface area contributed by atoms with Crippen molar-refractivity contribution in [1.29, 1.82) is 0 Å². The molecule has 0 unspecified atom stereocenters. The molecule has 4 heteroatoms. The van der Waals surface area contributed by atoms with E-state index in [0.717, 1.165) is 11.8 Å². The maximum Gasteiger partial charge on any atom is 0.238 e. The number of likely N-dealkylation sites (tertiary alicyclic amines) is 1. The van der Waals surface area contributed by atoms with Crippen molar-refractivity contribution in [2.24, 2.45) is 0 Å². The summed E-state index contributed by atoms with van der Waals surface area (Å²) in [5, 5.41) is 0. The lowest BCUT2D eigenvalue weighted by Crippen LogP contribution is -2.48. The Morgan fingerprint density at radius 2 is 1.65 bits per heavy atom. The van der Waals surface area contributed by atoms with Gasteiger partial charge in [0, 0.05) is 12.1 Å². The van der Waals surface area contributed by atoms with Crippen LogP contribution in [-0.4, -0.2) is 29.5 Å². The van der Waals surface area contributed by atoms with Crippen LogP contribution in [0.25, 0.3) is 6.08 Å². The normalized spacial score (nSPS) is 15.2. The third-order valence-electron chi connectivity index (χ3n) is 2.58. The molecule has 0 atom stereocenters. The molecule has 0 saturated carbocycles. The minimum Gasteiger partial charge on any atom is -0.298 e. The molecule has 2 amide bonds. The fourth-order valence-electron chi connectivity index (χ4n) is 1.55. The van der Waals surface area contributed by atoms with Gasteiger partial charge in [-0.3, -0.25) is 19.3 Å². The van der Waals surface area contributed by atoms with E-state index in [1.807, 2.05) is 6.08 Å². The molecule has 0 radical (unpaired) electrons. The monoisotopic (exact) mass is 229 g/mol. The zero-order valence-electron chi connectivity index (χ0n) is 9.13. The third kappa shape index (κ3) is 2.47. The van der Waals surface area contributed by atoms with Crippen molar-refractivity contribution < 1.29 is 14.4 Å². The van der Waals surface area contributed by atoms with Crippen molar-refractivity contribution in [2.75, 3.05) is 6.54 Å². The number of aldehydes is 1. The van der Waals surface area contributed by atoms with Gasteiger partial charge in [-0.1, -0.05) is 36.4 Å². The summed E-state index contributed by atoms with van der Waals surface area (Å²) in [5.74, 6) is -0.257. The SMILES string of the molecule is O=Cc1ccc(/C=C/CN2C(=O)CC2=O)cc1. The second-order valence-corrected chi connectivity index (χ2v) is 3.76. The summed E-state index contributed by atoms with van der Waals surface area (Å²) in [6, 6.07) is 7.04. The molecule has 4 nitrogen and oxygen atoms in total. The van der Waals surface area contributed by atoms with Crippen molar-refractivity contribution in [1.82, 2.24) is 4.90 Å². The highest BCUT2D eigenvalue weighted by atomic mass is 16.2. The number of amides is 2. The molecule has 0 bridgehead atoms. The molecular weight excluding hydrogens is 218 g/mol. The summed E-state index contributed by atoms with van der Waals surface area (Å²) >= 11 is 0. The van der Waals surface area contributed by atoms with Gasteiger partial charge in [-0.05, 0) is 5.56 Å². The molecule has 86 valence electrons. The van der Waals surface area contributed by atoms with Crippen molar-refractivity contribution in [3.05, 3.63) is 41.5 Å². The molecule has 1 heterocycles. The van der Waals surface area contributed by atoms with Gasteiger partial charge in [-0.25, -0.2) is 0 Å². The largest absolute Gasteiger partial charge is 0.298 e. The standard InChI is InChI=1S/C13H11NO3/c15-9-11-5-3-10(4-6-11)2-1-7-14-12(16)8-13(14)17/h1-6,9H,7-8H2/b2-1+. The summed E-state index contributed by atoms with van der Waals surface area (Å²) in [7, 11) is 0. The first-order chi connectivity index (χ1) is 8.20. The molecule has 1 aliphatic rings. The molecular formula is C13H11NO3. The molecule has 0 aromatic heterocycles. The van der Waals surface area contributed by atoms with Crippen LogP contribution in [0.4, 0.5) is 0 Å². The third-order valence-corrected chi connectivity index (χ3v) is 2.58. The van der Waals surface area contributed by atoms with Crippen LogP contribution in [0.15, 0.2) is 30.3 Å². The van der Waals surface area contributed by atoms with Gasteiger partial charge in [0.05, 0.1) is 0 Å². The Hall–Kier alpha value is -2.23. The number of carbonyl (C=O) groups is 3. The van der Waals surface area contributed by atoms with E-state index in [2.05, 4.69) is 0 Å². The molecule has 0 aliphatic carbocycles. The molecule has 17 heavy (non-hydrogen) atoms. The lowest BCUT2D eigenvalue weighted by molar-refractivity contribution is -0.156. The molecule has 0 spiro atoms. The number of imide groups is 1. The predicted octanol–water partition coefficient (Wildman–Crippen LogP) is 1.27. The van der Waals surface area contributed by atoms with E-state index in [1.54, 1.807) is 30.3 Å². The number of β-lactam (4-membered cyclic amide) rings is 2. The Labute approximate surface area is 98.5 Å². The first-order valence-corrected chi connectivity index (χ1v) is 5.25. The lowest BCUT2D eigenvalue weighted by Gasteiger charge is -2.26. The number of hydrogen-bond acceptors (Lipinski definition) is 3. The van der Waals surface area contributed by atoms with Crippen LogP contribution in [0.1, 0.15) is 22.3 Å². The number of carbonyl (C=O) groups excluding carboxylic acids is 3. The maximum atomic E-state index is 11.0. The summed E-state index contributed by atoms with van der Waals surface area (Å²) < 4.78 is 0. The van der Waals surface area contributed by atoms with Crippen LogP contribution in [0.5, 0.6) is 0 Å². The van der Waals surface area contributed by atoms with Gasteiger partial charge < -0.3 is 0 Å². The predicted molar refractivity (Wildman–Crippen MR) is 62.2 cm³/mol. The van der Waals surface area contributed by atoms with Crippen LogP contribution in [0.2, 0.25) is 0 Å². The smallest absolute Gasteiger partial charge is 0.238 e. The summed E-state index contributed by atoms with van der Waals surface area (Å²) in [6.45, 7) is 0.313. The Balaban J connectivity index is 1.93. The molecule has 0 N–H and O–H groups in total. The Morgan fingerprint density at radius 3 is 2.18 bits per heavy atom. The van der Waals surface area contributed by atoms with E-state index < -0.39 is 0 Å². The molecule has 1 aromatic carbocycles. The quantitative estimate of drug-likeness (QED) is 0.444. The van der Waals surface area contributed by atoms with Crippen LogP contribution < -0.4 is 0 Å². The van der Waals surface area contributed by atoms with Crippen molar-refractivity contribution in [3.63, 3.8) is 0 Å². The van der Waals surface area contributed by atoms with Crippen molar-refractivity contribution in [3.8, 4) is 0 Å². The lowest BCUT2D eigenvalue weighted by atomic mass is 10.1. The zero-order chi connectivity index (χ0) is 12.3. The number of rotatable bonds is 4. The van der Waals surface area contributed by atoms with Crippen LogP contribution in [0.3, 0.4) is 0 Å². The van der Waals surface area contributed by atoms with E-state index in [0.29, 0.717) is 12.1 Å². The fourth-order valence-corrected chi connectivity index (χ4v) is 1.55. The second kappa shape index (κ2) is 4.74. The van der Waals surface area contributed by atoms with E-state index in [4.69, 9.17) is 0 Å². The fraction of sp³-hybridized carbons (Fsp3) is 0.154. The topological polar surface area (TPSA) is 54.5 Å². The highest BCUT2D eigenvalue weighted by Crippen LogP contribution is 2.11. The van der Waals surface area contributed by atoms with Gasteiger partial charge in [0.25, 0.3) is 0 Å². The van der Waals surface area contributed by atoms with E-state index in [9.17, 15) is 14.4 Å². The molecule has 1 aliphatic heterocycles. The van der Waals surface area contributed by atoms with Gasteiger partial charge in [0.15, 0.2) is 0 Å². The minimum absolute atomic E-state index is 0.0296. The van der Waals surface area contributed by atoms with Gasteiger partial charge in [-0.2, -0.15) is 0 Å². The zero-order valence-corrected chi connectivity index (χ0v) is 9.13. The average Bonchev–Trinajstić information content (AvgIpc) is 2.35. The number of nitrogens with zero attached hydrogens (tertiary/aromatic N) is 1. The van der Waals surface area contributed by atoms with Crippen molar-refractivity contribution in [2.45, 2.75) is 6.42 Å². The van der Waals surface area contributed by atoms with Crippen LogP contribution >= 0.6 is 0 Å². The Morgan fingerprint density at radius 1 is 1.06 bits per heavy atom. The summed E-state index contributed by atoms with van der Waals surface area (Å²) in [6.07, 6.45) is 4.38. The van der Waals surface area contributed by atoms with E-state index >= 15 is 0 Å². The maximum absolute atomic E-state index is 11.0. The van der Waals surface area contributed by atoms with Crippen LogP contribution in [-0.2, 0) is 9.59 Å². The molecule has 1 fully saturated rings. The Kier molecular flexibility index (Phi) is 3.14. The van der Waals surface area contributed by atoms with Gasteiger partial charge in [0.2, 0.25) is 11.8 Å². The molecule has 1 saturated heterocycles. The van der Waals surface area contributed by atoms with Crippen molar-refractivity contribution >= 4 is 24.2 Å². The van der Waals surface area contributed by atoms with Gasteiger partial charge in [0.1, 0.15) is 12.7 Å². The van der Waals surface area contributed by atoms with Gasteiger partial charge in [-0.15, -0.1) is 0 Å². The number of benzene rings is 1.